The summed E-state index contributed by atoms with van der Waals surface area (Å²) in [6.07, 6.45) is 0.574. The summed E-state index contributed by atoms with van der Waals surface area (Å²) in [7, 11) is 0. The molecule has 122 valence electrons. The fourth-order valence-electron chi connectivity index (χ4n) is 2.02. The van der Waals surface area contributed by atoms with Crippen molar-refractivity contribution in [1.82, 2.24) is 0 Å². The van der Waals surface area contributed by atoms with Gasteiger partial charge in [-0.3, -0.25) is 14.9 Å². The fourth-order valence-corrected chi connectivity index (χ4v) is 2.88. The Bertz CT molecular complexity index is 769. The van der Waals surface area contributed by atoms with Gasteiger partial charge in [0.2, 0.25) is 5.91 Å². The van der Waals surface area contributed by atoms with Gasteiger partial charge in [-0.1, -0.05) is 24.3 Å². The van der Waals surface area contributed by atoms with E-state index in [2.05, 4.69) is 11.4 Å². The average molecular weight is 341 g/mol. The third-order valence-electron chi connectivity index (χ3n) is 3.14. The molecule has 0 radical (unpaired) electrons. The summed E-state index contributed by atoms with van der Waals surface area (Å²) in [4.78, 5) is 23.2. The summed E-state index contributed by atoms with van der Waals surface area (Å²) in [5.41, 5.74) is 1.40. The van der Waals surface area contributed by atoms with Crippen molar-refractivity contribution in [2.75, 3.05) is 11.1 Å². The van der Waals surface area contributed by atoms with Crippen LogP contribution < -0.4 is 5.32 Å². The largest absolute Gasteiger partial charge is 0.325 e. The van der Waals surface area contributed by atoms with Gasteiger partial charge in [-0.15, -0.1) is 11.8 Å². The number of carbonyl (C=O) groups excluding carboxylic acids is 1. The molecule has 1 N–H and O–H groups in total. The summed E-state index contributed by atoms with van der Waals surface area (Å²) in [5, 5.41) is 22.1. The number of carbonyl (C=O) groups is 1. The zero-order valence-corrected chi connectivity index (χ0v) is 13.6. The van der Waals surface area contributed by atoms with Gasteiger partial charge < -0.3 is 5.32 Å². The molecule has 0 aromatic heterocycles. The van der Waals surface area contributed by atoms with Crippen molar-refractivity contribution < 1.29 is 9.72 Å². The van der Waals surface area contributed by atoms with Crippen molar-refractivity contribution in [3.8, 4) is 6.07 Å². The smallest absolute Gasteiger partial charge is 0.269 e. The number of nitrogens with zero attached hydrogens (tertiary/aromatic N) is 2. The third-order valence-corrected chi connectivity index (χ3v) is 4.22. The molecule has 0 atom stereocenters. The van der Waals surface area contributed by atoms with E-state index in [4.69, 9.17) is 5.26 Å². The lowest BCUT2D eigenvalue weighted by atomic mass is 10.1. The summed E-state index contributed by atoms with van der Waals surface area (Å²) < 4.78 is 0. The van der Waals surface area contributed by atoms with Crippen LogP contribution in [0.5, 0.6) is 0 Å². The van der Waals surface area contributed by atoms with E-state index in [1.54, 1.807) is 12.1 Å². The number of non-ortho nitro benzene ring substituents is 1. The van der Waals surface area contributed by atoms with E-state index in [1.807, 2.05) is 24.3 Å². The second-order valence-corrected chi connectivity index (χ2v) is 6.04. The monoisotopic (exact) mass is 341 g/mol. The predicted octanol–water partition coefficient (Wildman–Crippen LogP) is 3.78. The van der Waals surface area contributed by atoms with Crippen molar-refractivity contribution >= 4 is 29.0 Å². The Morgan fingerprint density at radius 3 is 2.58 bits per heavy atom. The molecule has 0 unspecified atom stereocenters. The Morgan fingerprint density at radius 1 is 1.21 bits per heavy atom. The molecule has 0 fully saturated rings. The van der Waals surface area contributed by atoms with E-state index in [0.717, 1.165) is 4.90 Å². The van der Waals surface area contributed by atoms with Crippen molar-refractivity contribution in [3.63, 3.8) is 0 Å². The minimum atomic E-state index is -0.474. The maximum atomic E-state index is 12.2. The van der Waals surface area contributed by atoms with E-state index < -0.39 is 4.92 Å². The van der Waals surface area contributed by atoms with Gasteiger partial charge >= 0.3 is 0 Å². The van der Waals surface area contributed by atoms with Crippen LogP contribution in [0.2, 0.25) is 0 Å². The number of hydrogen-bond donors (Lipinski definition) is 1. The first-order valence-electron chi connectivity index (χ1n) is 7.22. The molecule has 1 amide bonds. The van der Waals surface area contributed by atoms with Gasteiger partial charge in [0.1, 0.15) is 0 Å². The van der Waals surface area contributed by atoms with Crippen LogP contribution >= 0.6 is 11.8 Å². The number of para-hydroxylation sites is 1. The fraction of sp³-hybridized carbons (Fsp3) is 0.176. The Kier molecular flexibility index (Phi) is 6.34. The highest BCUT2D eigenvalue weighted by molar-refractivity contribution is 7.99. The van der Waals surface area contributed by atoms with Crippen molar-refractivity contribution in [1.29, 1.82) is 5.26 Å². The quantitative estimate of drug-likeness (QED) is 0.358. The molecule has 2 rings (SSSR count). The van der Waals surface area contributed by atoms with E-state index in [0.29, 0.717) is 23.4 Å². The topological polar surface area (TPSA) is 96.0 Å². The minimum absolute atomic E-state index is 0.00148. The summed E-state index contributed by atoms with van der Waals surface area (Å²) in [6, 6.07) is 15.4. The van der Waals surface area contributed by atoms with Crippen molar-refractivity contribution in [2.45, 2.75) is 17.7 Å². The highest BCUT2D eigenvalue weighted by Gasteiger charge is 2.10. The Morgan fingerprint density at radius 2 is 1.92 bits per heavy atom. The van der Waals surface area contributed by atoms with E-state index in [9.17, 15) is 14.9 Å². The van der Waals surface area contributed by atoms with Crippen LogP contribution in [0.4, 0.5) is 11.4 Å². The zero-order chi connectivity index (χ0) is 17.4. The summed E-state index contributed by atoms with van der Waals surface area (Å²) >= 11 is 1.51. The molecule has 0 saturated carbocycles. The molecule has 0 heterocycles. The SMILES string of the molecule is N#CCCSc1ccccc1NC(=O)Cc1ccc([N+](=O)[O-])cc1. The number of benzene rings is 2. The number of nitro groups is 1. The number of nitrogens with one attached hydrogen (secondary N) is 1. The lowest BCUT2D eigenvalue weighted by Gasteiger charge is -2.10. The number of thioether (sulfide) groups is 1. The highest BCUT2D eigenvalue weighted by atomic mass is 32.2. The second kappa shape index (κ2) is 8.70. The predicted molar refractivity (Wildman–Crippen MR) is 92.8 cm³/mol. The molecule has 0 spiro atoms. The lowest BCUT2D eigenvalue weighted by Crippen LogP contribution is -2.15. The average Bonchev–Trinajstić information content (AvgIpc) is 2.57. The number of nitriles is 1. The van der Waals surface area contributed by atoms with Crippen molar-refractivity contribution in [3.05, 3.63) is 64.2 Å². The van der Waals surface area contributed by atoms with Crippen LogP contribution in [0.15, 0.2) is 53.4 Å². The molecule has 0 aliphatic rings. The van der Waals surface area contributed by atoms with Gasteiger partial charge in [0.05, 0.1) is 23.1 Å². The first-order chi connectivity index (χ1) is 11.6. The lowest BCUT2D eigenvalue weighted by molar-refractivity contribution is -0.384. The second-order valence-electron chi connectivity index (χ2n) is 4.90. The first-order valence-corrected chi connectivity index (χ1v) is 8.20. The van der Waals surface area contributed by atoms with Gasteiger partial charge in [0.15, 0.2) is 0 Å². The van der Waals surface area contributed by atoms with Gasteiger partial charge in [0, 0.05) is 29.2 Å². The van der Waals surface area contributed by atoms with Crippen LogP contribution in [-0.4, -0.2) is 16.6 Å². The number of anilines is 1. The van der Waals surface area contributed by atoms with Crippen LogP contribution in [0.1, 0.15) is 12.0 Å². The maximum absolute atomic E-state index is 12.2. The molecule has 6 nitrogen and oxygen atoms in total. The van der Waals surface area contributed by atoms with Crippen LogP contribution in [0, 0.1) is 21.4 Å². The van der Waals surface area contributed by atoms with Crippen molar-refractivity contribution in [2.24, 2.45) is 0 Å². The number of amides is 1. The maximum Gasteiger partial charge on any atom is 0.269 e. The van der Waals surface area contributed by atoms with Gasteiger partial charge in [-0.05, 0) is 17.7 Å². The molecular formula is C17H15N3O3S. The van der Waals surface area contributed by atoms with Gasteiger partial charge in [-0.25, -0.2) is 0 Å². The molecule has 2 aromatic carbocycles. The summed E-state index contributed by atoms with van der Waals surface area (Å²) in [6.45, 7) is 0. The molecular weight excluding hydrogens is 326 g/mol. The molecule has 0 saturated heterocycles. The standard InChI is InChI=1S/C17H15N3O3S/c18-10-3-11-24-16-5-2-1-4-15(16)19-17(21)12-13-6-8-14(9-7-13)20(22)23/h1-2,4-9H,3,11-12H2,(H,19,21). The number of nitro benzene ring substituents is 1. The number of rotatable bonds is 7. The normalized spacial score (nSPS) is 9.96. The van der Waals surface area contributed by atoms with Gasteiger partial charge in [-0.2, -0.15) is 5.26 Å². The first kappa shape index (κ1) is 17.5. The molecule has 0 aliphatic carbocycles. The molecule has 0 bridgehead atoms. The minimum Gasteiger partial charge on any atom is -0.325 e. The molecule has 0 aliphatic heterocycles. The molecule has 2 aromatic rings. The molecule has 24 heavy (non-hydrogen) atoms. The number of hydrogen-bond acceptors (Lipinski definition) is 5. The Labute approximate surface area is 143 Å². The Hall–Kier alpha value is -2.85. The third kappa shape index (κ3) is 5.11. The highest BCUT2D eigenvalue weighted by Crippen LogP contribution is 2.27. The van der Waals surface area contributed by atoms with E-state index >= 15 is 0 Å². The van der Waals surface area contributed by atoms with Crippen LogP contribution in [0.25, 0.3) is 0 Å². The van der Waals surface area contributed by atoms with Gasteiger partial charge in [0.25, 0.3) is 5.69 Å². The van der Waals surface area contributed by atoms with Crippen LogP contribution in [-0.2, 0) is 11.2 Å². The van der Waals surface area contributed by atoms with Crippen LogP contribution in [0.3, 0.4) is 0 Å². The van der Waals surface area contributed by atoms with E-state index in [-0.39, 0.29) is 18.0 Å². The zero-order valence-electron chi connectivity index (χ0n) is 12.8. The summed E-state index contributed by atoms with van der Waals surface area (Å²) in [5.74, 6) is 0.461. The Balaban J connectivity index is 1.99. The molecule has 7 heteroatoms. The van der Waals surface area contributed by atoms with E-state index in [1.165, 1.54) is 23.9 Å².